The molecule has 0 heterocycles. The average Bonchev–Trinajstić information content (AvgIpc) is 2.88. The summed E-state index contributed by atoms with van der Waals surface area (Å²) in [6.45, 7) is 21.4. The minimum absolute atomic E-state index is 0.0140. The van der Waals surface area contributed by atoms with Gasteiger partial charge in [0.25, 0.3) is 0 Å². The fourth-order valence-electron chi connectivity index (χ4n) is 6.56. The van der Waals surface area contributed by atoms with Gasteiger partial charge in [0.1, 0.15) is 0 Å². The highest BCUT2D eigenvalue weighted by atomic mass is 28.4. The number of hydrogen-bond acceptors (Lipinski definition) is 3. The van der Waals surface area contributed by atoms with Crippen LogP contribution in [0.5, 0.6) is 0 Å². The van der Waals surface area contributed by atoms with Crippen LogP contribution in [-0.4, -0.2) is 27.0 Å². The quantitative estimate of drug-likeness (QED) is 0.272. The topological polar surface area (TPSA) is 35.5 Å². The van der Waals surface area contributed by atoms with Gasteiger partial charge in [-0.15, -0.1) is 0 Å². The van der Waals surface area contributed by atoms with Crippen LogP contribution in [0.25, 0.3) is 0 Å². The first kappa shape index (κ1) is 23.1. The largest absolute Gasteiger partial charge is 0.466 e. The van der Waals surface area contributed by atoms with E-state index in [4.69, 9.17) is 9.16 Å². The number of esters is 1. The van der Waals surface area contributed by atoms with Gasteiger partial charge < -0.3 is 9.16 Å². The molecule has 0 aromatic heterocycles. The first-order valence-electron chi connectivity index (χ1n) is 11.7. The normalized spacial score (nSPS) is 34.2. The van der Waals surface area contributed by atoms with Gasteiger partial charge in [0.15, 0.2) is 8.32 Å². The van der Waals surface area contributed by atoms with Crippen LogP contribution in [0.2, 0.25) is 18.1 Å². The Morgan fingerprint density at radius 2 is 1.79 bits per heavy atom. The minimum atomic E-state index is -1.90. The summed E-state index contributed by atoms with van der Waals surface area (Å²) in [5, 5.41) is 0.195. The lowest BCUT2D eigenvalue weighted by atomic mass is 9.65. The first-order valence-corrected chi connectivity index (χ1v) is 14.7. The average molecular weight is 421 g/mol. The lowest BCUT2D eigenvalue weighted by Crippen LogP contribution is -2.47. The summed E-state index contributed by atoms with van der Waals surface area (Å²) in [5.41, 5.74) is 3.47. The second-order valence-corrected chi connectivity index (χ2v) is 17.3. The SMILES string of the molecule is CCOC(=O)C[C@]12CCCCC1=C1[C@@H](O[Si](C)(C)C(C)(C)C)C(C)(C)C[C@]1(C)C2. The summed E-state index contributed by atoms with van der Waals surface area (Å²) in [6.07, 6.45) is 7.74. The van der Waals surface area contributed by atoms with Crippen molar-refractivity contribution in [3.8, 4) is 0 Å². The van der Waals surface area contributed by atoms with Crippen molar-refractivity contribution in [1.82, 2.24) is 0 Å². The predicted molar refractivity (Wildman–Crippen MR) is 122 cm³/mol. The van der Waals surface area contributed by atoms with E-state index in [1.807, 2.05) is 6.92 Å². The first-order chi connectivity index (χ1) is 13.2. The van der Waals surface area contributed by atoms with Crippen molar-refractivity contribution >= 4 is 14.3 Å². The maximum atomic E-state index is 12.6. The Kier molecular flexibility index (Phi) is 5.74. The van der Waals surface area contributed by atoms with Crippen LogP contribution in [0.4, 0.5) is 0 Å². The Morgan fingerprint density at radius 1 is 1.14 bits per heavy atom. The molecule has 4 heteroatoms. The number of hydrogen-bond donors (Lipinski definition) is 0. The molecule has 29 heavy (non-hydrogen) atoms. The summed E-state index contributed by atoms with van der Waals surface area (Å²) in [7, 11) is -1.90. The van der Waals surface area contributed by atoms with Gasteiger partial charge in [0.05, 0.1) is 19.1 Å². The van der Waals surface area contributed by atoms with E-state index in [0.29, 0.717) is 13.0 Å². The Labute approximate surface area is 180 Å². The summed E-state index contributed by atoms with van der Waals surface area (Å²) < 4.78 is 12.6. The molecule has 2 saturated carbocycles. The summed E-state index contributed by atoms with van der Waals surface area (Å²) in [6, 6.07) is 0. The van der Waals surface area contributed by atoms with Gasteiger partial charge in [-0.1, -0.05) is 53.5 Å². The molecule has 0 radical (unpaired) electrons. The van der Waals surface area contributed by atoms with Crippen molar-refractivity contribution in [3.05, 3.63) is 11.1 Å². The number of fused-ring (bicyclic) bond motifs is 2. The smallest absolute Gasteiger partial charge is 0.306 e. The molecule has 2 fully saturated rings. The molecular formula is C25H44O3Si. The molecule has 166 valence electrons. The van der Waals surface area contributed by atoms with E-state index in [2.05, 4.69) is 54.6 Å². The van der Waals surface area contributed by atoms with E-state index in [1.54, 1.807) is 11.1 Å². The van der Waals surface area contributed by atoms with Crippen molar-refractivity contribution in [3.63, 3.8) is 0 Å². The Bertz CT molecular complexity index is 699. The summed E-state index contributed by atoms with van der Waals surface area (Å²) in [4.78, 5) is 12.6. The maximum Gasteiger partial charge on any atom is 0.306 e. The molecule has 3 atom stereocenters. The minimum Gasteiger partial charge on any atom is -0.466 e. The second-order valence-electron chi connectivity index (χ2n) is 12.5. The number of ether oxygens (including phenoxy) is 1. The number of allylic oxidation sites excluding steroid dienone is 1. The van der Waals surface area contributed by atoms with E-state index in [0.717, 1.165) is 25.7 Å². The molecule has 0 spiro atoms. The molecule has 0 aromatic carbocycles. The number of rotatable bonds is 5. The van der Waals surface area contributed by atoms with Crippen LogP contribution in [0, 0.1) is 16.2 Å². The zero-order valence-corrected chi connectivity index (χ0v) is 21.5. The van der Waals surface area contributed by atoms with Crippen molar-refractivity contribution < 1.29 is 14.0 Å². The summed E-state index contributed by atoms with van der Waals surface area (Å²) >= 11 is 0. The molecule has 0 aromatic rings. The third-order valence-corrected chi connectivity index (χ3v) is 12.9. The fourth-order valence-corrected chi connectivity index (χ4v) is 7.94. The van der Waals surface area contributed by atoms with Gasteiger partial charge in [-0.3, -0.25) is 4.79 Å². The molecule has 3 nitrogen and oxygen atoms in total. The summed E-state index contributed by atoms with van der Waals surface area (Å²) in [5.74, 6) is -0.0165. The van der Waals surface area contributed by atoms with Crippen molar-refractivity contribution in [2.45, 2.75) is 118 Å². The fraction of sp³-hybridized carbons (Fsp3) is 0.880. The van der Waals surface area contributed by atoms with Crippen molar-refractivity contribution in [1.29, 1.82) is 0 Å². The third-order valence-electron chi connectivity index (χ3n) is 8.50. The van der Waals surface area contributed by atoms with Gasteiger partial charge in [-0.25, -0.2) is 0 Å². The van der Waals surface area contributed by atoms with Crippen molar-refractivity contribution in [2.75, 3.05) is 6.61 Å². The van der Waals surface area contributed by atoms with E-state index in [-0.39, 0.29) is 33.4 Å². The molecule has 3 aliphatic carbocycles. The Morgan fingerprint density at radius 3 is 2.38 bits per heavy atom. The number of carbonyl (C=O) groups excluding carboxylic acids is 1. The van der Waals surface area contributed by atoms with Gasteiger partial charge in [-0.05, 0) is 73.6 Å². The zero-order chi connectivity index (χ0) is 21.9. The van der Waals surface area contributed by atoms with Gasteiger partial charge in [-0.2, -0.15) is 0 Å². The molecule has 3 rings (SSSR count). The second kappa shape index (κ2) is 7.22. The standard InChI is InChI=1S/C25H44O3Si/c1-10-27-19(26)15-25-14-12-11-13-18(25)20-21(28-29(8,9)22(2,3)4)23(5,6)16-24(20,7)17-25/h21H,10-17H2,1-9H3/t21-,24-,25+/m1/s1. The zero-order valence-electron chi connectivity index (χ0n) is 20.5. The highest BCUT2D eigenvalue weighted by Crippen LogP contribution is 2.69. The van der Waals surface area contributed by atoms with Crippen LogP contribution in [0.3, 0.4) is 0 Å². The van der Waals surface area contributed by atoms with Crippen molar-refractivity contribution in [2.24, 2.45) is 16.2 Å². The van der Waals surface area contributed by atoms with Crippen LogP contribution in [-0.2, 0) is 14.0 Å². The van der Waals surface area contributed by atoms with E-state index in [9.17, 15) is 4.79 Å². The third kappa shape index (κ3) is 3.89. The molecule has 0 N–H and O–H groups in total. The Balaban J connectivity index is 2.06. The van der Waals surface area contributed by atoms with Crippen LogP contribution in [0.1, 0.15) is 93.4 Å². The van der Waals surface area contributed by atoms with Crippen LogP contribution >= 0.6 is 0 Å². The van der Waals surface area contributed by atoms with E-state index >= 15 is 0 Å². The van der Waals surface area contributed by atoms with E-state index < -0.39 is 8.32 Å². The van der Waals surface area contributed by atoms with E-state index in [1.165, 1.54) is 12.8 Å². The van der Waals surface area contributed by atoms with Gasteiger partial charge >= 0.3 is 5.97 Å². The molecule has 0 amide bonds. The number of carbonyl (C=O) groups is 1. The lowest BCUT2D eigenvalue weighted by molar-refractivity contribution is -0.145. The maximum absolute atomic E-state index is 12.6. The van der Waals surface area contributed by atoms with Crippen LogP contribution in [0.15, 0.2) is 11.1 Å². The van der Waals surface area contributed by atoms with Crippen LogP contribution < -0.4 is 0 Å². The predicted octanol–water partition coefficient (Wildman–Crippen LogP) is 7.03. The highest BCUT2D eigenvalue weighted by molar-refractivity contribution is 6.74. The molecule has 0 aliphatic heterocycles. The molecule has 0 bridgehead atoms. The molecule has 3 aliphatic rings. The van der Waals surface area contributed by atoms with Gasteiger partial charge in [0.2, 0.25) is 0 Å². The van der Waals surface area contributed by atoms with Gasteiger partial charge in [0, 0.05) is 5.41 Å². The molecule has 0 saturated heterocycles. The lowest BCUT2D eigenvalue weighted by Gasteiger charge is -2.44. The molecular weight excluding hydrogens is 376 g/mol. The molecule has 0 unspecified atom stereocenters. The Hall–Kier alpha value is -0.613. The monoisotopic (exact) mass is 420 g/mol. The highest BCUT2D eigenvalue weighted by Gasteiger charge is 2.63.